The summed E-state index contributed by atoms with van der Waals surface area (Å²) in [4.78, 5) is 35.5. The number of amides is 2. The summed E-state index contributed by atoms with van der Waals surface area (Å²) in [7, 11) is 1.58. The second kappa shape index (κ2) is 9.68. The van der Waals surface area contributed by atoms with Gasteiger partial charge in [0.2, 0.25) is 5.95 Å². The molecule has 0 radical (unpaired) electrons. The monoisotopic (exact) mass is 500 g/mol. The number of benzene rings is 3. The van der Waals surface area contributed by atoms with Crippen LogP contribution in [0.3, 0.4) is 0 Å². The van der Waals surface area contributed by atoms with E-state index < -0.39 is 11.8 Å². The lowest BCUT2D eigenvalue weighted by Crippen LogP contribution is -2.44. The molecular weight excluding hydrogens is 472 g/mol. The Morgan fingerprint density at radius 2 is 1.86 bits per heavy atom. The highest BCUT2D eigenvalue weighted by Gasteiger charge is 2.49. The minimum Gasteiger partial charge on any atom is -0.465 e. The highest BCUT2D eigenvalue weighted by molar-refractivity contribution is 6.00. The number of imidazole rings is 1. The van der Waals surface area contributed by atoms with E-state index in [1.54, 1.807) is 49.6 Å². The SMILES string of the molecule is COC(C)CCN(C(=O)O)c1nc2ccc(C3(O)c4ccccc4C(=O)N3Cc3ccccc3)cc2[nH]1. The normalized spacial score (nSPS) is 17.7. The third-order valence-corrected chi connectivity index (χ3v) is 6.87. The van der Waals surface area contributed by atoms with Gasteiger partial charge in [-0.25, -0.2) is 14.7 Å². The van der Waals surface area contributed by atoms with E-state index in [0.717, 1.165) is 10.5 Å². The minimum absolute atomic E-state index is 0.109. The topological polar surface area (TPSA) is 119 Å². The van der Waals surface area contributed by atoms with E-state index >= 15 is 0 Å². The van der Waals surface area contributed by atoms with Gasteiger partial charge in [-0.2, -0.15) is 0 Å². The Balaban J connectivity index is 1.55. The minimum atomic E-state index is -1.72. The lowest BCUT2D eigenvalue weighted by molar-refractivity contribution is -0.0542. The molecule has 0 saturated heterocycles. The van der Waals surface area contributed by atoms with Crippen LogP contribution in [0.1, 0.15) is 40.4 Å². The lowest BCUT2D eigenvalue weighted by Gasteiger charge is -2.35. The molecule has 3 aromatic carbocycles. The lowest BCUT2D eigenvalue weighted by atomic mass is 9.93. The van der Waals surface area contributed by atoms with Crippen molar-refractivity contribution in [2.24, 2.45) is 0 Å². The molecule has 1 aliphatic heterocycles. The number of hydrogen-bond donors (Lipinski definition) is 3. The van der Waals surface area contributed by atoms with Crippen molar-refractivity contribution in [2.75, 3.05) is 18.6 Å². The van der Waals surface area contributed by atoms with Crippen LogP contribution in [-0.4, -0.2) is 56.8 Å². The Bertz CT molecular complexity index is 1450. The van der Waals surface area contributed by atoms with Crippen molar-refractivity contribution in [2.45, 2.75) is 31.7 Å². The maximum atomic E-state index is 13.4. The molecule has 1 aromatic heterocycles. The van der Waals surface area contributed by atoms with E-state index in [1.807, 2.05) is 37.3 Å². The predicted molar refractivity (Wildman–Crippen MR) is 138 cm³/mol. The summed E-state index contributed by atoms with van der Waals surface area (Å²) in [6.45, 7) is 2.28. The average Bonchev–Trinajstić information content (AvgIpc) is 3.42. The molecule has 5 rings (SSSR count). The summed E-state index contributed by atoms with van der Waals surface area (Å²) in [5.74, 6) is -0.0874. The predicted octanol–water partition coefficient (Wildman–Crippen LogP) is 4.32. The number of H-pyrrole nitrogens is 1. The molecule has 2 unspecified atom stereocenters. The van der Waals surface area contributed by atoms with Crippen LogP contribution >= 0.6 is 0 Å². The first-order valence-electron chi connectivity index (χ1n) is 12.0. The number of methoxy groups -OCH3 is 1. The Labute approximate surface area is 213 Å². The van der Waals surface area contributed by atoms with Gasteiger partial charge < -0.3 is 19.9 Å². The number of aromatic nitrogens is 2. The molecular formula is C28H28N4O5. The number of aliphatic hydroxyl groups is 1. The van der Waals surface area contributed by atoms with E-state index in [0.29, 0.717) is 34.1 Å². The fraction of sp³-hybridized carbons (Fsp3) is 0.250. The first-order chi connectivity index (χ1) is 17.8. The molecule has 4 aromatic rings. The molecule has 37 heavy (non-hydrogen) atoms. The molecule has 0 fully saturated rings. The number of carbonyl (C=O) groups excluding carboxylic acids is 1. The van der Waals surface area contributed by atoms with Crippen molar-refractivity contribution in [1.29, 1.82) is 0 Å². The smallest absolute Gasteiger partial charge is 0.414 e. The molecule has 0 aliphatic carbocycles. The summed E-state index contributed by atoms with van der Waals surface area (Å²) in [6.07, 6.45) is -0.744. The number of nitrogens with one attached hydrogen (secondary N) is 1. The Hall–Kier alpha value is -4.21. The average molecular weight is 501 g/mol. The first-order valence-corrected chi connectivity index (χ1v) is 12.0. The van der Waals surface area contributed by atoms with Crippen molar-refractivity contribution in [3.63, 3.8) is 0 Å². The van der Waals surface area contributed by atoms with Gasteiger partial charge in [-0.3, -0.25) is 9.69 Å². The summed E-state index contributed by atoms with van der Waals surface area (Å²) < 4.78 is 5.24. The molecule has 1 aliphatic rings. The van der Waals surface area contributed by atoms with Crippen LogP contribution < -0.4 is 4.90 Å². The number of hydrogen-bond acceptors (Lipinski definition) is 5. The van der Waals surface area contributed by atoms with E-state index in [-0.39, 0.29) is 31.0 Å². The summed E-state index contributed by atoms with van der Waals surface area (Å²) in [5.41, 5.74) is 1.66. The summed E-state index contributed by atoms with van der Waals surface area (Å²) in [6, 6.07) is 21.7. The third kappa shape index (κ3) is 4.32. The van der Waals surface area contributed by atoms with Gasteiger partial charge in [0.25, 0.3) is 5.91 Å². The summed E-state index contributed by atoms with van der Waals surface area (Å²) >= 11 is 0. The van der Waals surface area contributed by atoms with Crippen molar-refractivity contribution in [3.05, 3.63) is 95.1 Å². The van der Waals surface area contributed by atoms with Crippen LogP contribution in [0.25, 0.3) is 11.0 Å². The number of ether oxygens (including phenoxy) is 1. The van der Waals surface area contributed by atoms with Crippen molar-refractivity contribution < 1.29 is 24.5 Å². The number of rotatable bonds is 8. The van der Waals surface area contributed by atoms with Crippen LogP contribution in [-0.2, 0) is 17.0 Å². The maximum absolute atomic E-state index is 13.4. The Morgan fingerprint density at radius 3 is 2.59 bits per heavy atom. The second-order valence-corrected chi connectivity index (χ2v) is 9.16. The van der Waals surface area contributed by atoms with Crippen LogP contribution in [0.2, 0.25) is 0 Å². The van der Waals surface area contributed by atoms with Crippen molar-refractivity contribution in [1.82, 2.24) is 14.9 Å². The van der Waals surface area contributed by atoms with Gasteiger partial charge in [0.15, 0.2) is 5.72 Å². The molecule has 9 heteroatoms. The van der Waals surface area contributed by atoms with Crippen LogP contribution in [0.15, 0.2) is 72.8 Å². The highest BCUT2D eigenvalue weighted by atomic mass is 16.5. The van der Waals surface area contributed by atoms with Gasteiger partial charge in [0.05, 0.1) is 17.1 Å². The zero-order valence-corrected chi connectivity index (χ0v) is 20.6. The molecule has 0 spiro atoms. The van der Waals surface area contributed by atoms with E-state index in [4.69, 9.17) is 4.74 Å². The van der Waals surface area contributed by atoms with E-state index in [9.17, 15) is 19.8 Å². The van der Waals surface area contributed by atoms with Gasteiger partial charge in [-0.1, -0.05) is 54.6 Å². The molecule has 0 saturated carbocycles. The number of carbonyl (C=O) groups is 2. The van der Waals surface area contributed by atoms with Crippen LogP contribution in [0, 0.1) is 0 Å². The van der Waals surface area contributed by atoms with Crippen LogP contribution in [0.4, 0.5) is 10.7 Å². The summed E-state index contributed by atoms with van der Waals surface area (Å²) in [5, 5.41) is 22.0. The first kappa shape index (κ1) is 24.5. The molecule has 9 nitrogen and oxygen atoms in total. The maximum Gasteiger partial charge on any atom is 0.414 e. The number of aromatic amines is 1. The number of fused-ring (bicyclic) bond motifs is 2. The standard InChI is InChI=1S/C28H28N4O5/c1-18(37-2)14-15-31(27(34)35)26-29-23-13-12-20(16-24(23)30-26)28(36)22-11-7-6-10-21(22)25(33)32(28)17-19-8-4-3-5-9-19/h3-13,16,18,36H,14-15,17H2,1-2H3,(H,29,30)(H,34,35). The van der Waals surface area contributed by atoms with Crippen LogP contribution in [0.5, 0.6) is 0 Å². The van der Waals surface area contributed by atoms with Gasteiger partial charge in [0, 0.05) is 36.9 Å². The van der Waals surface area contributed by atoms with E-state index in [2.05, 4.69) is 9.97 Å². The largest absolute Gasteiger partial charge is 0.465 e. The number of carboxylic acid groups (broad SMARTS) is 1. The number of anilines is 1. The third-order valence-electron chi connectivity index (χ3n) is 6.87. The van der Waals surface area contributed by atoms with Gasteiger partial charge >= 0.3 is 6.09 Å². The van der Waals surface area contributed by atoms with E-state index in [1.165, 1.54) is 4.90 Å². The van der Waals surface area contributed by atoms with Gasteiger partial charge in [-0.15, -0.1) is 0 Å². The Kier molecular flexibility index (Phi) is 6.41. The quantitative estimate of drug-likeness (QED) is 0.332. The molecule has 190 valence electrons. The highest BCUT2D eigenvalue weighted by Crippen LogP contribution is 2.43. The van der Waals surface area contributed by atoms with Crippen molar-refractivity contribution >= 4 is 29.0 Å². The fourth-order valence-electron chi connectivity index (χ4n) is 4.74. The molecule has 3 N–H and O–H groups in total. The zero-order chi connectivity index (χ0) is 26.2. The Morgan fingerprint density at radius 1 is 1.14 bits per heavy atom. The fourth-order valence-corrected chi connectivity index (χ4v) is 4.74. The van der Waals surface area contributed by atoms with Crippen molar-refractivity contribution in [3.8, 4) is 0 Å². The molecule has 0 bridgehead atoms. The zero-order valence-electron chi connectivity index (χ0n) is 20.6. The number of nitrogens with zero attached hydrogens (tertiary/aromatic N) is 3. The molecule has 2 atom stereocenters. The second-order valence-electron chi connectivity index (χ2n) is 9.16. The molecule has 2 heterocycles. The molecule has 2 amide bonds. The van der Waals surface area contributed by atoms with Gasteiger partial charge in [-0.05, 0) is 37.1 Å². The van der Waals surface area contributed by atoms with Gasteiger partial charge in [0.1, 0.15) is 0 Å².